The van der Waals surface area contributed by atoms with Crippen molar-refractivity contribution in [2.75, 3.05) is 34.3 Å². The van der Waals surface area contributed by atoms with Gasteiger partial charge in [0.1, 0.15) is 0 Å². The molecular formula is C15H29ClN2O3. The smallest absolute Gasteiger partial charge is 0.311 e. The van der Waals surface area contributed by atoms with Gasteiger partial charge in [-0.2, -0.15) is 0 Å². The molecule has 0 aliphatic carbocycles. The summed E-state index contributed by atoms with van der Waals surface area (Å²) in [6, 6.07) is 0. The van der Waals surface area contributed by atoms with Crippen LogP contribution in [-0.2, 0) is 14.3 Å². The van der Waals surface area contributed by atoms with Gasteiger partial charge in [-0.1, -0.05) is 6.58 Å². The molecule has 124 valence electrons. The molecule has 0 heterocycles. The minimum atomic E-state index is -0.295. The standard InChI is InChI=1S/C15H28N2O3.ClH/c1-12(2)14(19)16-15(3,4)9-11-17(5,6)10-8-13(18)20-7;/h1,8-11H2,2-7H3;1H. The molecule has 1 amide bonds. The van der Waals surface area contributed by atoms with Gasteiger partial charge in [0.2, 0.25) is 5.91 Å². The number of hydrogen-bond donors (Lipinski definition) is 1. The number of nitrogens with one attached hydrogen (secondary N) is 1. The number of methoxy groups -OCH3 is 1. The Kier molecular flexibility index (Phi) is 9.57. The Labute approximate surface area is 134 Å². The van der Waals surface area contributed by atoms with Crippen molar-refractivity contribution in [2.24, 2.45) is 0 Å². The molecule has 0 bridgehead atoms. The van der Waals surface area contributed by atoms with E-state index in [0.717, 1.165) is 19.5 Å². The summed E-state index contributed by atoms with van der Waals surface area (Å²) in [5, 5.41) is 2.96. The third-order valence-electron chi connectivity index (χ3n) is 3.33. The van der Waals surface area contributed by atoms with Gasteiger partial charge in [-0.15, -0.1) is 0 Å². The van der Waals surface area contributed by atoms with Crippen LogP contribution in [0.5, 0.6) is 0 Å². The zero-order chi connectivity index (χ0) is 16.0. The van der Waals surface area contributed by atoms with Crippen molar-refractivity contribution in [1.82, 2.24) is 5.32 Å². The number of quaternary nitrogens is 1. The Bertz CT molecular complexity index is 379. The van der Waals surface area contributed by atoms with Gasteiger partial charge in [-0.3, -0.25) is 9.59 Å². The summed E-state index contributed by atoms with van der Waals surface area (Å²) in [5.41, 5.74) is 0.217. The topological polar surface area (TPSA) is 55.4 Å². The molecule has 0 fully saturated rings. The van der Waals surface area contributed by atoms with Gasteiger partial charge in [0.15, 0.2) is 0 Å². The molecular weight excluding hydrogens is 292 g/mol. The molecule has 21 heavy (non-hydrogen) atoms. The molecule has 0 aromatic carbocycles. The van der Waals surface area contributed by atoms with Crippen LogP contribution < -0.4 is 17.7 Å². The van der Waals surface area contributed by atoms with Crippen LogP contribution in [0.4, 0.5) is 0 Å². The molecule has 1 N–H and O–H groups in total. The number of carbonyl (C=O) groups is 2. The average Bonchev–Trinajstić information content (AvgIpc) is 2.33. The predicted octanol–water partition coefficient (Wildman–Crippen LogP) is -1.51. The molecule has 0 aromatic heterocycles. The molecule has 0 spiro atoms. The maximum absolute atomic E-state index is 11.7. The lowest BCUT2D eigenvalue weighted by molar-refractivity contribution is -0.890. The van der Waals surface area contributed by atoms with E-state index in [1.165, 1.54) is 7.11 Å². The molecule has 0 rings (SSSR count). The molecule has 0 radical (unpaired) electrons. The highest BCUT2D eigenvalue weighted by Crippen LogP contribution is 2.13. The largest absolute Gasteiger partial charge is 1.00 e. The van der Waals surface area contributed by atoms with E-state index in [-0.39, 0.29) is 29.8 Å². The van der Waals surface area contributed by atoms with Gasteiger partial charge in [0.25, 0.3) is 0 Å². The normalized spacial score (nSPS) is 11.3. The van der Waals surface area contributed by atoms with Crippen molar-refractivity contribution >= 4 is 11.9 Å². The first-order valence-corrected chi connectivity index (χ1v) is 6.86. The monoisotopic (exact) mass is 320 g/mol. The number of carbonyl (C=O) groups excluding carboxylic acids is 2. The second-order valence-electron chi connectivity index (χ2n) is 6.58. The van der Waals surface area contributed by atoms with Crippen molar-refractivity contribution in [3.63, 3.8) is 0 Å². The van der Waals surface area contributed by atoms with Crippen LogP contribution in [0.1, 0.15) is 33.6 Å². The van der Waals surface area contributed by atoms with Gasteiger partial charge in [-0.05, 0) is 20.8 Å². The van der Waals surface area contributed by atoms with Crippen molar-refractivity contribution in [3.05, 3.63) is 12.2 Å². The number of halogens is 1. The number of nitrogens with zero attached hydrogens (tertiary/aromatic N) is 1. The van der Waals surface area contributed by atoms with E-state index in [1.807, 2.05) is 13.8 Å². The second kappa shape index (κ2) is 9.05. The van der Waals surface area contributed by atoms with Crippen molar-refractivity contribution in [1.29, 1.82) is 0 Å². The molecule has 6 heteroatoms. The maximum atomic E-state index is 11.7. The van der Waals surface area contributed by atoms with E-state index in [0.29, 0.717) is 16.5 Å². The summed E-state index contributed by atoms with van der Waals surface area (Å²) < 4.78 is 5.36. The Morgan fingerprint density at radius 1 is 1.24 bits per heavy atom. The van der Waals surface area contributed by atoms with Crippen LogP contribution in [0.25, 0.3) is 0 Å². The lowest BCUT2D eigenvalue weighted by atomic mass is 9.99. The molecule has 0 aliphatic heterocycles. The summed E-state index contributed by atoms with van der Waals surface area (Å²) in [6.45, 7) is 10.9. The number of ether oxygens (including phenoxy) is 1. The number of amides is 1. The van der Waals surface area contributed by atoms with Crippen LogP contribution >= 0.6 is 0 Å². The SMILES string of the molecule is C=C(C)C(=O)NC(C)(C)CC[N+](C)(C)CCC(=O)OC.[Cl-]. The summed E-state index contributed by atoms with van der Waals surface area (Å²) in [7, 11) is 5.54. The van der Waals surface area contributed by atoms with Gasteiger partial charge in [0, 0.05) is 17.5 Å². The lowest BCUT2D eigenvalue weighted by Crippen LogP contribution is -3.00. The molecule has 0 saturated carbocycles. The van der Waals surface area contributed by atoms with E-state index in [4.69, 9.17) is 0 Å². The fraction of sp³-hybridized carbons (Fsp3) is 0.733. The highest BCUT2D eigenvalue weighted by molar-refractivity contribution is 5.92. The number of rotatable bonds is 8. The van der Waals surface area contributed by atoms with E-state index >= 15 is 0 Å². The van der Waals surface area contributed by atoms with Crippen LogP contribution in [0.3, 0.4) is 0 Å². The minimum Gasteiger partial charge on any atom is -1.00 e. The molecule has 0 atom stereocenters. The van der Waals surface area contributed by atoms with Crippen molar-refractivity contribution < 1.29 is 31.2 Å². The van der Waals surface area contributed by atoms with Crippen LogP contribution in [0, 0.1) is 0 Å². The Balaban J connectivity index is 0. The quantitative estimate of drug-likeness (QED) is 0.336. The third kappa shape index (κ3) is 10.3. The molecule has 0 aliphatic rings. The zero-order valence-electron chi connectivity index (χ0n) is 14.1. The minimum absolute atomic E-state index is 0. The van der Waals surface area contributed by atoms with E-state index < -0.39 is 0 Å². The van der Waals surface area contributed by atoms with E-state index in [9.17, 15) is 9.59 Å². The van der Waals surface area contributed by atoms with Gasteiger partial charge >= 0.3 is 5.97 Å². The average molecular weight is 321 g/mol. The predicted molar refractivity (Wildman–Crippen MR) is 80.1 cm³/mol. The summed E-state index contributed by atoms with van der Waals surface area (Å²) >= 11 is 0. The summed E-state index contributed by atoms with van der Waals surface area (Å²) in [4.78, 5) is 22.8. The van der Waals surface area contributed by atoms with Gasteiger partial charge in [-0.25, -0.2) is 0 Å². The first kappa shape index (κ1) is 22.2. The Morgan fingerprint density at radius 3 is 2.19 bits per heavy atom. The van der Waals surface area contributed by atoms with Crippen molar-refractivity contribution in [3.8, 4) is 0 Å². The number of hydrogen-bond acceptors (Lipinski definition) is 3. The fourth-order valence-corrected chi connectivity index (χ4v) is 1.67. The number of esters is 1. The Morgan fingerprint density at radius 2 is 1.76 bits per heavy atom. The highest BCUT2D eigenvalue weighted by atomic mass is 35.5. The maximum Gasteiger partial charge on any atom is 0.311 e. The third-order valence-corrected chi connectivity index (χ3v) is 3.33. The molecule has 0 aromatic rings. The summed E-state index contributed by atoms with van der Waals surface area (Å²) in [5.74, 6) is -0.305. The van der Waals surface area contributed by atoms with Crippen LogP contribution in [-0.4, -0.2) is 56.2 Å². The van der Waals surface area contributed by atoms with E-state index in [1.54, 1.807) is 6.92 Å². The lowest BCUT2D eigenvalue weighted by Gasteiger charge is -2.34. The van der Waals surface area contributed by atoms with Gasteiger partial charge in [0.05, 0.1) is 40.7 Å². The first-order chi connectivity index (χ1) is 8.99. The highest BCUT2D eigenvalue weighted by Gasteiger charge is 2.26. The van der Waals surface area contributed by atoms with Crippen molar-refractivity contribution in [2.45, 2.75) is 39.2 Å². The molecule has 5 nitrogen and oxygen atoms in total. The fourth-order valence-electron chi connectivity index (χ4n) is 1.67. The Hall–Kier alpha value is -1.07. The van der Waals surface area contributed by atoms with E-state index in [2.05, 4.69) is 30.7 Å². The van der Waals surface area contributed by atoms with Crippen LogP contribution in [0.2, 0.25) is 0 Å². The zero-order valence-corrected chi connectivity index (χ0v) is 14.8. The molecule has 0 unspecified atom stereocenters. The molecule has 0 saturated heterocycles. The van der Waals surface area contributed by atoms with Gasteiger partial charge < -0.3 is 26.9 Å². The summed E-state index contributed by atoms with van der Waals surface area (Å²) in [6.07, 6.45) is 1.22. The first-order valence-electron chi connectivity index (χ1n) is 6.86. The van der Waals surface area contributed by atoms with Crippen LogP contribution in [0.15, 0.2) is 12.2 Å². The second-order valence-corrected chi connectivity index (χ2v) is 6.58.